The van der Waals surface area contributed by atoms with Gasteiger partial charge < -0.3 is 14.6 Å². The van der Waals surface area contributed by atoms with E-state index in [0.717, 1.165) is 55.8 Å². The van der Waals surface area contributed by atoms with Crippen molar-refractivity contribution in [3.05, 3.63) is 48.1 Å². The van der Waals surface area contributed by atoms with E-state index in [-0.39, 0.29) is 17.6 Å². The molecular formula is C21H25NO3. The lowest BCUT2D eigenvalue weighted by molar-refractivity contribution is -0.171. The number of piperidine rings is 1. The van der Waals surface area contributed by atoms with Gasteiger partial charge in [0, 0.05) is 24.7 Å². The highest BCUT2D eigenvalue weighted by Crippen LogP contribution is 2.66. The lowest BCUT2D eigenvalue weighted by atomic mass is 9.48. The standard InChI is InChI=1S/C21H25NO3/c1-4-10-22-11-9-20-17-14-5-6-15(24-3)18(17)25-19(20)13(2)7-8-21(20,23)16(22)12-14/h4-6,16,19,23H,1-2,7-12H2,3H3/t16-,19+,20+,21-/m1/s1. The second kappa shape index (κ2) is 4.89. The summed E-state index contributed by atoms with van der Waals surface area (Å²) in [6.07, 6.45) is 5.09. The number of ether oxygens (including phenoxy) is 2. The Balaban J connectivity index is 1.79. The topological polar surface area (TPSA) is 41.9 Å². The van der Waals surface area contributed by atoms with Crippen molar-refractivity contribution < 1.29 is 14.6 Å². The fourth-order valence-corrected chi connectivity index (χ4v) is 6.08. The third kappa shape index (κ3) is 1.61. The summed E-state index contributed by atoms with van der Waals surface area (Å²) < 4.78 is 12.0. The highest BCUT2D eigenvalue weighted by atomic mass is 16.5. The molecule has 0 aromatic heterocycles. The van der Waals surface area contributed by atoms with Crippen molar-refractivity contribution in [3.8, 4) is 11.5 Å². The first-order valence-corrected chi connectivity index (χ1v) is 9.19. The van der Waals surface area contributed by atoms with E-state index in [0.29, 0.717) is 0 Å². The first-order chi connectivity index (χ1) is 12.1. The average molecular weight is 339 g/mol. The predicted molar refractivity (Wildman–Crippen MR) is 96.3 cm³/mol. The molecule has 0 amide bonds. The Morgan fingerprint density at radius 2 is 2.28 bits per heavy atom. The summed E-state index contributed by atoms with van der Waals surface area (Å²) >= 11 is 0. The normalized spacial score (nSPS) is 38.1. The molecule has 2 aliphatic heterocycles. The molecule has 2 aliphatic carbocycles. The molecule has 2 fully saturated rings. The van der Waals surface area contributed by atoms with Gasteiger partial charge in [0.25, 0.3) is 0 Å². The van der Waals surface area contributed by atoms with Crippen LogP contribution in [0.4, 0.5) is 0 Å². The Hall–Kier alpha value is -1.78. The Bertz CT molecular complexity index is 788. The summed E-state index contributed by atoms with van der Waals surface area (Å²) in [6.45, 7) is 9.98. The van der Waals surface area contributed by atoms with Gasteiger partial charge in [-0.1, -0.05) is 18.7 Å². The Kier molecular flexibility index (Phi) is 3.03. The Morgan fingerprint density at radius 3 is 3.04 bits per heavy atom. The number of rotatable bonds is 3. The SMILES string of the molecule is C=CCN1CC[C@]23c4c5ccc(OC)c4O[C@H]2C(=C)CC[C@@]3(O)[C@H]1C5. The van der Waals surface area contributed by atoms with E-state index >= 15 is 0 Å². The smallest absolute Gasteiger partial charge is 0.166 e. The molecule has 4 nitrogen and oxygen atoms in total. The average Bonchev–Trinajstić information content (AvgIpc) is 2.96. The van der Waals surface area contributed by atoms with E-state index in [1.54, 1.807) is 7.11 Å². The van der Waals surface area contributed by atoms with Gasteiger partial charge in [0.1, 0.15) is 6.10 Å². The molecule has 25 heavy (non-hydrogen) atoms. The molecule has 5 rings (SSSR count). The molecule has 1 aromatic rings. The fraction of sp³-hybridized carbons (Fsp3) is 0.524. The van der Waals surface area contributed by atoms with Crippen LogP contribution in [0.2, 0.25) is 0 Å². The van der Waals surface area contributed by atoms with Gasteiger partial charge in [0.15, 0.2) is 11.5 Å². The summed E-state index contributed by atoms with van der Waals surface area (Å²) in [6, 6.07) is 4.26. The highest BCUT2D eigenvalue weighted by molar-refractivity contribution is 5.64. The zero-order valence-corrected chi connectivity index (χ0v) is 14.8. The molecule has 1 N–H and O–H groups in total. The molecule has 1 saturated carbocycles. The van der Waals surface area contributed by atoms with Crippen molar-refractivity contribution in [3.63, 3.8) is 0 Å². The summed E-state index contributed by atoms with van der Waals surface area (Å²) in [5.41, 5.74) is 2.41. The molecule has 4 aliphatic rings. The zero-order valence-electron chi connectivity index (χ0n) is 14.8. The minimum atomic E-state index is -0.787. The van der Waals surface area contributed by atoms with Gasteiger partial charge in [0.05, 0.1) is 18.1 Å². The van der Waals surface area contributed by atoms with Crippen molar-refractivity contribution >= 4 is 0 Å². The molecule has 2 heterocycles. The van der Waals surface area contributed by atoms with Crippen LogP contribution >= 0.6 is 0 Å². The van der Waals surface area contributed by atoms with E-state index < -0.39 is 5.60 Å². The van der Waals surface area contributed by atoms with Crippen LogP contribution in [0.5, 0.6) is 11.5 Å². The second-order valence-electron chi connectivity index (χ2n) is 7.94. The maximum absolute atomic E-state index is 12.1. The van der Waals surface area contributed by atoms with Crippen LogP contribution in [0.15, 0.2) is 36.9 Å². The van der Waals surface area contributed by atoms with Gasteiger partial charge in [-0.3, -0.25) is 4.90 Å². The molecule has 1 aromatic carbocycles. The van der Waals surface area contributed by atoms with Crippen LogP contribution in [0.25, 0.3) is 0 Å². The number of hydrogen-bond donors (Lipinski definition) is 1. The molecule has 1 spiro atoms. The number of aliphatic hydroxyl groups is 1. The lowest BCUT2D eigenvalue weighted by Gasteiger charge is -2.63. The van der Waals surface area contributed by atoms with Crippen LogP contribution in [-0.2, 0) is 11.8 Å². The maximum atomic E-state index is 12.1. The zero-order chi connectivity index (χ0) is 17.4. The quantitative estimate of drug-likeness (QED) is 0.860. The fourth-order valence-electron chi connectivity index (χ4n) is 6.08. The Labute approximate surface area is 148 Å². The van der Waals surface area contributed by atoms with E-state index in [4.69, 9.17) is 9.47 Å². The van der Waals surface area contributed by atoms with E-state index in [1.165, 1.54) is 11.1 Å². The largest absolute Gasteiger partial charge is 0.493 e. The van der Waals surface area contributed by atoms with Crippen LogP contribution in [0.3, 0.4) is 0 Å². The van der Waals surface area contributed by atoms with E-state index in [9.17, 15) is 5.11 Å². The van der Waals surface area contributed by atoms with Crippen molar-refractivity contribution in [2.24, 2.45) is 0 Å². The Morgan fingerprint density at radius 1 is 1.44 bits per heavy atom. The molecule has 1 saturated heterocycles. The molecule has 4 heteroatoms. The monoisotopic (exact) mass is 339 g/mol. The van der Waals surface area contributed by atoms with Gasteiger partial charge in [-0.05, 0) is 42.9 Å². The third-order valence-electron chi connectivity index (χ3n) is 7.09. The maximum Gasteiger partial charge on any atom is 0.166 e. The minimum Gasteiger partial charge on any atom is -0.493 e. The summed E-state index contributed by atoms with van der Waals surface area (Å²) in [7, 11) is 1.68. The summed E-state index contributed by atoms with van der Waals surface area (Å²) in [4.78, 5) is 2.40. The van der Waals surface area contributed by atoms with Crippen LogP contribution in [-0.4, -0.2) is 48.0 Å². The first-order valence-electron chi connectivity index (χ1n) is 9.19. The number of methoxy groups -OCH3 is 1. The number of nitrogens with zero attached hydrogens (tertiary/aromatic N) is 1. The van der Waals surface area contributed by atoms with Gasteiger partial charge in [0.2, 0.25) is 0 Å². The molecule has 0 unspecified atom stereocenters. The molecule has 0 radical (unpaired) electrons. The highest BCUT2D eigenvalue weighted by Gasteiger charge is 2.71. The molecule has 132 valence electrons. The molecule has 4 atom stereocenters. The number of hydrogen-bond acceptors (Lipinski definition) is 4. The van der Waals surface area contributed by atoms with Crippen molar-refractivity contribution in [1.29, 1.82) is 0 Å². The number of benzene rings is 1. The van der Waals surface area contributed by atoms with Crippen molar-refractivity contribution in [2.45, 2.75) is 48.8 Å². The van der Waals surface area contributed by atoms with Crippen LogP contribution in [0, 0.1) is 0 Å². The van der Waals surface area contributed by atoms with E-state index in [2.05, 4.69) is 24.1 Å². The van der Waals surface area contributed by atoms with Crippen molar-refractivity contribution in [2.75, 3.05) is 20.2 Å². The van der Waals surface area contributed by atoms with Gasteiger partial charge in [-0.15, -0.1) is 6.58 Å². The van der Waals surface area contributed by atoms with Crippen molar-refractivity contribution in [1.82, 2.24) is 4.90 Å². The van der Waals surface area contributed by atoms with Gasteiger partial charge >= 0.3 is 0 Å². The third-order valence-corrected chi connectivity index (χ3v) is 7.09. The van der Waals surface area contributed by atoms with Crippen LogP contribution in [0.1, 0.15) is 30.4 Å². The van der Waals surface area contributed by atoms with Crippen LogP contribution < -0.4 is 9.47 Å². The predicted octanol–water partition coefficient (Wildman–Crippen LogP) is 2.59. The number of likely N-dealkylation sites (tertiary alicyclic amines) is 1. The first kappa shape index (κ1) is 15.5. The van der Waals surface area contributed by atoms with E-state index in [1.807, 2.05) is 12.1 Å². The minimum absolute atomic E-state index is 0.102. The second-order valence-corrected chi connectivity index (χ2v) is 7.94. The summed E-state index contributed by atoms with van der Waals surface area (Å²) in [5.74, 6) is 1.60. The van der Waals surface area contributed by atoms with Gasteiger partial charge in [-0.25, -0.2) is 0 Å². The molecular weight excluding hydrogens is 314 g/mol. The van der Waals surface area contributed by atoms with Gasteiger partial charge in [-0.2, -0.15) is 0 Å². The lowest BCUT2D eigenvalue weighted by Crippen LogP contribution is -2.75. The molecule has 2 bridgehead atoms. The summed E-state index contributed by atoms with van der Waals surface area (Å²) in [5, 5.41) is 12.1.